The van der Waals surface area contributed by atoms with E-state index in [2.05, 4.69) is 45.5 Å². The molecule has 0 radical (unpaired) electrons. The van der Waals surface area contributed by atoms with Crippen molar-refractivity contribution in [1.29, 1.82) is 0 Å². The summed E-state index contributed by atoms with van der Waals surface area (Å²) in [5.74, 6) is 1.49. The van der Waals surface area contributed by atoms with Crippen molar-refractivity contribution in [1.82, 2.24) is 4.98 Å². The molecule has 3 heterocycles. The maximum Gasteiger partial charge on any atom is 0.337 e. The molecule has 0 atom stereocenters. The molecule has 0 saturated carbocycles. The third-order valence-corrected chi connectivity index (χ3v) is 8.65. The Balaban J connectivity index is 1.01. The number of carbonyl (C=O) groups excluding carboxylic acids is 2. The fraction of sp³-hybridized carbons (Fsp3) is 0.206. The number of piperidine rings is 1. The van der Waals surface area contributed by atoms with E-state index in [0.717, 1.165) is 53.0 Å². The van der Waals surface area contributed by atoms with E-state index in [-0.39, 0.29) is 11.9 Å². The fourth-order valence-electron chi connectivity index (χ4n) is 5.18. The number of methoxy groups -OCH3 is 1. The van der Waals surface area contributed by atoms with Crippen molar-refractivity contribution in [3.8, 4) is 16.9 Å². The van der Waals surface area contributed by atoms with Crippen LogP contribution < -0.4 is 15.0 Å². The van der Waals surface area contributed by atoms with Gasteiger partial charge in [-0.3, -0.25) is 4.79 Å². The Kier molecular flexibility index (Phi) is 8.14. The van der Waals surface area contributed by atoms with Crippen molar-refractivity contribution in [2.24, 2.45) is 5.92 Å². The first-order chi connectivity index (χ1) is 20.6. The average Bonchev–Trinajstić information content (AvgIpc) is 3.49. The van der Waals surface area contributed by atoms with Gasteiger partial charge in [-0.15, -0.1) is 11.3 Å². The summed E-state index contributed by atoms with van der Waals surface area (Å²) in [6.07, 6.45) is 3.68. The minimum Gasteiger partial charge on any atom is -0.493 e. The Morgan fingerprint density at radius 1 is 0.929 bits per heavy atom. The van der Waals surface area contributed by atoms with Crippen molar-refractivity contribution in [3.63, 3.8) is 0 Å². The SMILES string of the molecule is COC(=O)c1cccc(OCC2CCN(c3ccc(NC(=O)c4cc5cc(-c6ccccc6)ccc5s4)cn3)CC2)c1. The van der Waals surface area contributed by atoms with E-state index >= 15 is 0 Å². The first kappa shape index (κ1) is 27.5. The van der Waals surface area contributed by atoms with Crippen LogP contribution in [-0.4, -0.2) is 43.7 Å². The van der Waals surface area contributed by atoms with Gasteiger partial charge in [-0.05, 0) is 83.8 Å². The first-order valence-electron chi connectivity index (χ1n) is 14.0. The minimum atomic E-state index is -0.371. The van der Waals surface area contributed by atoms with Crippen LogP contribution in [0.15, 0.2) is 97.2 Å². The average molecular weight is 578 g/mol. The van der Waals surface area contributed by atoms with Crippen LogP contribution in [0, 0.1) is 5.92 Å². The zero-order chi connectivity index (χ0) is 28.9. The molecule has 0 spiro atoms. The quantitative estimate of drug-likeness (QED) is 0.195. The van der Waals surface area contributed by atoms with E-state index in [1.165, 1.54) is 18.4 Å². The molecule has 3 aromatic carbocycles. The Morgan fingerprint density at radius 2 is 1.76 bits per heavy atom. The summed E-state index contributed by atoms with van der Waals surface area (Å²) in [6.45, 7) is 2.35. The highest BCUT2D eigenvalue weighted by Gasteiger charge is 2.21. The second kappa shape index (κ2) is 12.4. The molecule has 0 bridgehead atoms. The smallest absolute Gasteiger partial charge is 0.337 e. The van der Waals surface area contributed by atoms with Crippen LogP contribution in [-0.2, 0) is 4.74 Å². The van der Waals surface area contributed by atoms with Gasteiger partial charge in [-0.1, -0.05) is 42.5 Å². The largest absolute Gasteiger partial charge is 0.493 e. The minimum absolute atomic E-state index is 0.134. The zero-order valence-electron chi connectivity index (χ0n) is 23.3. The van der Waals surface area contributed by atoms with Gasteiger partial charge in [-0.2, -0.15) is 0 Å². The number of esters is 1. The van der Waals surface area contributed by atoms with Gasteiger partial charge in [0, 0.05) is 17.8 Å². The van der Waals surface area contributed by atoms with E-state index < -0.39 is 0 Å². The van der Waals surface area contributed by atoms with Gasteiger partial charge in [0.1, 0.15) is 11.6 Å². The first-order valence-corrected chi connectivity index (χ1v) is 14.8. The molecule has 0 aliphatic carbocycles. The number of rotatable bonds is 8. The topological polar surface area (TPSA) is 80.8 Å². The van der Waals surface area contributed by atoms with Crippen molar-refractivity contribution in [2.45, 2.75) is 12.8 Å². The summed E-state index contributed by atoms with van der Waals surface area (Å²) in [4.78, 5) is 32.3. The molecule has 42 heavy (non-hydrogen) atoms. The van der Waals surface area contributed by atoms with Crippen LogP contribution in [0.3, 0.4) is 0 Å². The lowest BCUT2D eigenvalue weighted by Gasteiger charge is -2.32. The second-order valence-electron chi connectivity index (χ2n) is 10.3. The number of ether oxygens (including phenoxy) is 2. The summed E-state index contributed by atoms with van der Waals surface area (Å²) >= 11 is 1.49. The Morgan fingerprint density at radius 3 is 2.52 bits per heavy atom. The van der Waals surface area contributed by atoms with Crippen LogP contribution in [0.2, 0.25) is 0 Å². The molecule has 2 aromatic heterocycles. The third-order valence-electron chi connectivity index (χ3n) is 7.53. The van der Waals surface area contributed by atoms with Crippen molar-refractivity contribution in [3.05, 3.63) is 108 Å². The van der Waals surface area contributed by atoms with E-state index in [4.69, 9.17) is 9.47 Å². The lowest BCUT2D eigenvalue weighted by molar-refractivity contribution is 0.0600. The van der Waals surface area contributed by atoms with Gasteiger partial charge in [0.2, 0.25) is 0 Å². The molecule has 1 saturated heterocycles. The predicted molar refractivity (Wildman–Crippen MR) is 168 cm³/mol. The number of nitrogens with zero attached hydrogens (tertiary/aromatic N) is 2. The summed E-state index contributed by atoms with van der Waals surface area (Å²) in [5, 5.41) is 4.05. The lowest BCUT2D eigenvalue weighted by atomic mass is 9.98. The number of nitrogens with one attached hydrogen (secondary N) is 1. The van der Waals surface area contributed by atoms with Crippen molar-refractivity contribution in [2.75, 3.05) is 37.0 Å². The number of aromatic nitrogens is 1. The van der Waals surface area contributed by atoms with E-state index in [9.17, 15) is 9.59 Å². The van der Waals surface area contributed by atoms with Crippen LogP contribution in [0.4, 0.5) is 11.5 Å². The van der Waals surface area contributed by atoms with Gasteiger partial charge in [0.15, 0.2) is 0 Å². The number of benzene rings is 3. The molecule has 5 aromatic rings. The number of hydrogen-bond acceptors (Lipinski definition) is 7. The number of carbonyl (C=O) groups is 2. The van der Waals surface area contributed by atoms with Crippen molar-refractivity contribution < 1.29 is 19.1 Å². The standard InChI is InChI=1S/C34H31N3O4S/c1-40-34(39)26-8-5-9-29(19-26)41-22-23-14-16-37(17-15-23)32-13-11-28(21-35-32)36-33(38)31-20-27-18-25(10-12-30(27)42-31)24-6-3-2-4-7-24/h2-13,18-21,23H,14-17,22H2,1H3,(H,36,38). The fourth-order valence-corrected chi connectivity index (χ4v) is 6.12. The lowest BCUT2D eigenvalue weighted by Crippen LogP contribution is -2.36. The molecule has 8 heteroatoms. The molecule has 212 valence electrons. The van der Waals surface area contributed by atoms with Crippen LogP contribution >= 0.6 is 11.3 Å². The summed E-state index contributed by atoms with van der Waals surface area (Å²) in [7, 11) is 1.37. The van der Waals surface area contributed by atoms with Crippen LogP contribution in [0.5, 0.6) is 5.75 Å². The third kappa shape index (κ3) is 6.29. The van der Waals surface area contributed by atoms with E-state index in [0.29, 0.717) is 34.4 Å². The number of fused-ring (bicyclic) bond motifs is 1. The highest BCUT2D eigenvalue weighted by molar-refractivity contribution is 7.20. The summed E-state index contributed by atoms with van der Waals surface area (Å²) < 4.78 is 11.8. The van der Waals surface area contributed by atoms with Crippen molar-refractivity contribution >= 4 is 44.8 Å². The molecule has 1 N–H and O–H groups in total. The number of amides is 1. The van der Waals surface area contributed by atoms with E-state index in [1.54, 1.807) is 24.4 Å². The number of anilines is 2. The van der Waals surface area contributed by atoms with Gasteiger partial charge in [0.05, 0.1) is 36.0 Å². The highest BCUT2D eigenvalue weighted by Crippen LogP contribution is 2.31. The monoisotopic (exact) mass is 577 g/mol. The predicted octanol–water partition coefficient (Wildman–Crippen LogP) is 7.30. The van der Waals surface area contributed by atoms with Crippen LogP contribution in [0.1, 0.15) is 32.9 Å². The molecular weight excluding hydrogens is 546 g/mol. The van der Waals surface area contributed by atoms with Gasteiger partial charge in [0.25, 0.3) is 5.91 Å². The highest BCUT2D eigenvalue weighted by atomic mass is 32.1. The summed E-state index contributed by atoms with van der Waals surface area (Å²) in [5.41, 5.74) is 3.44. The number of thiophene rings is 1. The maximum atomic E-state index is 13.0. The number of hydrogen-bond donors (Lipinski definition) is 1. The molecule has 1 fully saturated rings. The van der Waals surface area contributed by atoms with Crippen LogP contribution in [0.25, 0.3) is 21.2 Å². The zero-order valence-corrected chi connectivity index (χ0v) is 24.1. The molecule has 6 rings (SSSR count). The molecule has 7 nitrogen and oxygen atoms in total. The van der Waals surface area contributed by atoms with Gasteiger partial charge in [-0.25, -0.2) is 9.78 Å². The molecular formula is C34H31N3O4S. The van der Waals surface area contributed by atoms with E-state index in [1.807, 2.05) is 42.5 Å². The van der Waals surface area contributed by atoms with Gasteiger partial charge < -0.3 is 19.7 Å². The second-order valence-corrected chi connectivity index (χ2v) is 11.4. The molecule has 0 unspecified atom stereocenters. The molecule has 1 amide bonds. The Hall–Kier alpha value is -4.69. The number of pyridine rings is 1. The normalized spacial score (nSPS) is 13.6. The van der Waals surface area contributed by atoms with Gasteiger partial charge >= 0.3 is 5.97 Å². The summed E-state index contributed by atoms with van der Waals surface area (Å²) in [6, 6.07) is 29.4. The molecule has 1 aliphatic rings. The Bertz CT molecular complexity index is 1690. The molecule has 1 aliphatic heterocycles. The Labute approximate surface area is 248 Å². The maximum absolute atomic E-state index is 13.0.